The Balaban J connectivity index is 2.10. The Morgan fingerprint density at radius 2 is 2.24 bits per heavy atom. The summed E-state index contributed by atoms with van der Waals surface area (Å²) >= 11 is 0. The van der Waals surface area contributed by atoms with Crippen molar-refractivity contribution in [2.24, 2.45) is 0 Å². The Kier molecular flexibility index (Phi) is 5.40. The van der Waals surface area contributed by atoms with Crippen molar-refractivity contribution in [2.45, 2.75) is 39.2 Å². The first-order chi connectivity index (χ1) is 9.99. The first-order valence-electron chi connectivity index (χ1n) is 7.48. The maximum absolute atomic E-state index is 12.0. The molecule has 0 N–H and O–H groups in total. The van der Waals surface area contributed by atoms with Crippen molar-refractivity contribution in [3.63, 3.8) is 0 Å². The van der Waals surface area contributed by atoms with Crippen molar-refractivity contribution >= 4 is 10.0 Å². The highest BCUT2D eigenvalue weighted by Crippen LogP contribution is 2.29. The highest BCUT2D eigenvalue weighted by molar-refractivity contribution is 7.89. The molecular formula is C14H25N3O3S. The van der Waals surface area contributed by atoms with Crippen molar-refractivity contribution in [1.82, 2.24) is 13.9 Å². The lowest BCUT2D eigenvalue weighted by molar-refractivity contribution is 0.189. The Morgan fingerprint density at radius 3 is 2.90 bits per heavy atom. The smallest absolute Gasteiger partial charge is 0.213 e. The van der Waals surface area contributed by atoms with Gasteiger partial charge in [-0.15, -0.1) is 0 Å². The van der Waals surface area contributed by atoms with Crippen molar-refractivity contribution < 1.29 is 13.2 Å². The minimum absolute atomic E-state index is 0.168. The minimum atomic E-state index is -3.09. The van der Waals surface area contributed by atoms with E-state index < -0.39 is 10.0 Å². The van der Waals surface area contributed by atoms with E-state index in [4.69, 9.17) is 4.74 Å². The van der Waals surface area contributed by atoms with Crippen LogP contribution in [0.2, 0.25) is 0 Å². The summed E-state index contributed by atoms with van der Waals surface area (Å²) in [6.45, 7) is 6.48. The maximum Gasteiger partial charge on any atom is 0.213 e. The van der Waals surface area contributed by atoms with Crippen molar-refractivity contribution in [2.75, 3.05) is 32.6 Å². The van der Waals surface area contributed by atoms with Crippen LogP contribution in [-0.4, -0.2) is 54.8 Å². The summed E-state index contributed by atoms with van der Waals surface area (Å²) in [5, 5.41) is 0. The van der Waals surface area contributed by atoms with E-state index in [1.165, 1.54) is 0 Å². The van der Waals surface area contributed by atoms with Gasteiger partial charge in [0.2, 0.25) is 10.0 Å². The standard InChI is InChI=1S/C14H25N3O3S/c1-4-21(18,19)16-8-6-13(11-16)14-15-10-12(2)17(14)7-5-9-20-3/h10,13H,4-9,11H2,1-3H3. The molecule has 1 aliphatic heterocycles. The number of sulfonamides is 1. The number of rotatable bonds is 7. The molecule has 2 rings (SSSR count). The van der Waals surface area contributed by atoms with Gasteiger partial charge in [0.15, 0.2) is 0 Å². The number of hydrogen-bond donors (Lipinski definition) is 0. The highest BCUT2D eigenvalue weighted by Gasteiger charge is 2.33. The van der Waals surface area contributed by atoms with Gasteiger partial charge in [0.1, 0.15) is 5.82 Å². The van der Waals surface area contributed by atoms with Gasteiger partial charge in [-0.2, -0.15) is 0 Å². The van der Waals surface area contributed by atoms with Gasteiger partial charge in [-0.1, -0.05) is 0 Å². The van der Waals surface area contributed by atoms with E-state index in [2.05, 4.69) is 9.55 Å². The van der Waals surface area contributed by atoms with Crippen LogP contribution in [-0.2, 0) is 21.3 Å². The van der Waals surface area contributed by atoms with Crippen LogP contribution in [0.25, 0.3) is 0 Å². The van der Waals surface area contributed by atoms with Gasteiger partial charge >= 0.3 is 0 Å². The van der Waals surface area contributed by atoms with Crippen LogP contribution in [0.15, 0.2) is 6.20 Å². The van der Waals surface area contributed by atoms with Crippen LogP contribution < -0.4 is 0 Å². The average Bonchev–Trinajstić information content (AvgIpc) is 3.07. The molecule has 0 saturated carbocycles. The summed E-state index contributed by atoms with van der Waals surface area (Å²) < 4.78 is 32.8. The molecule has 1 atom stereocenters. The van der Waals surface area contributed by atoms with Crippen LogP contribution in [0.5, 0.6) is 0 Å². The van der Waals surface area contributed by atoms with Crippen LogP contribution in [0.4, 0.5) is 0 Å². The molecule has 0 amide bonds. The molecule has 7 heteroatoms. The normalized spacial score (nSPS) is 20.2. The predicted octanol–water partition coefficient (Wildman–Crippen LogP) is 1.37. The molecule has 0 aromatic carbocycles. The quantitative estimate of drug-likeness (QED) is 0.713. The molecule has 1 saturated heterocycles. The molecule has 21 heavy (non-hydrogen) atoms. The molecule has 0 radical (unpaired) electrons. The Labute approximate surface area is 127 Å². The second kappa shape index (κ2) is 6.89. The van der Waals surface area contributed by atoms with Gasteiger partial charge in [-0.05, 0) is 26.7 Å². The SMILES string of the molecule is CCS(=O)(=O)N1CCC(c2ncc(C)n2CCCOC)C1. The molecule has 0 spiro atoms. The monoisotopic (exact) mass is 315 g/mol. The molecule has 1 aromatic rings. The summed E-state index contributed by atoms with van der Waals surface area (Å²) in [5.41, 5.74) is 1.12. The van der Waals surface area contributed by atoms with E-state index in [9.17, 15) is 8.42 Å². The Hall–Kier alpha value is -0.920. The second-order valence-corrected chi connectivity index (χ2v) is 7.76. The number of methoxy groups -OCH3 is 1. The van der Waals surface area contributed by atoms with E-state index in [-0.39, 0.29) is 11.7 Å². The van der Waals surface area contributed by atoms with Crippen LogP contribution in [0, 0.1) is 6.92 Å². The van der Waals surface area contributed by atoms with Crippen LogP contribution in [0.1, 0.15) is 37.2 Å². The van der Waals surface area contributed by atoms with E-state index >= 15 is 0 Å². The average molecular weight is 315 g/mol. The lowest BCUT2D eigenvalue weighted by Crippen LogP contribution is -2.30. The molecule has 1 aliphatic rings. The molecule has 1 aromatic heterocycles. The van der Waals surface area contributed by atoms with Gasteiger partial charge in [-0.25, -0.2) is 17.7 Å². The number of hydrogen-bond acceptors (Lipinski definition) is 4. The third-order valence-electron chi connectivity index (χ3n) is 4.09. The zero-order chi connectivity index (χ0) is 15.5. The third kappa shape index (κ3) is 3.64. The lowest BCUT2D eigenvalue weighted by Gasteiger charge is -2.16. The van der Waals surface area contributed by atoms with E-state index in [0.717, 1.165) is 37.5 Å². The van der Waals surface area contributed by atoms with Crippen molar-refractivity contribution in [1.29, 1.82) is 0 Å². The lowest BCUT2D eigenvalue weighted by atomic mass is 10.1. The molecule has 6 nitrogen and oxygen atoms in total. The fraction of sp³-hybridized carbons (Fsp3) is 0.786. The number of aryl methyl sites for hydroxylation is 1. The third-order valence-corrected chi connectivity index (χ3v) is 5.94. The number of ether oxygens (including phenoxy) is 1. The van der Waals surface area contributed by atoms with Gasteiger partial charge in [-0.3, -0.25) is 0 Å². The zero-order valence-corrected chi connectivity index (χ0v) is 13.9. The van der Waals surface area contributed by atoms with Crippen LogP contribution in [0.3, 0.4) is 0 Å². The summed E-state index contributed by atoms with van der Waals surface area (Å²) in [6, 6.07) is 0. The minimum Gasteiger partial charge on any atom is -0.385 e. The second-order valence-electron chi connectivity index (χ2n) is 5.50. The van der Waals surface area contributed by atoms with Crippen molar-refractivity contribution in [3.05, 3.63) is 17.7 Å². The molecule has 1 fully saturated rings. The van der Waals surface area contributed by atoms with E-state index in [0.29, 0.717) is 13.1 Å². The molecule has 0 bridgehead atoms. The number of nitrogens with zero attached hydrogens (tertiary/aromatic N) is 3. The molecule has 1 unspecified atom stereocenters. The van der Waals surface area contributed by atoms with Crippen molar-refractivity contribution in [3.8, 4) is 0 Å². The predicted molar refractivity (Wildman–Crippen MR) is 81.8 cm³/mol. The van der Waals surface area contributed by atoms with Gasteiger partial charge in [0, 0.05) is 51.2 Å². The first-order valence-corrected chi connectivity index (χ1v) is 9.09. The summed E-state index contributed by atoms with van der Waals surface area (Å²) in [5.74, 6) is 1.38. The fourth-order valence-corrected chi connectivity index (χ4v) is 3.99. The van der Waals surface area contributed by atoms with Crippen LogP contribution >= 0.6 is 0 Å². The van der Waals surface area contributed by atoms with Gasteiger partial charge < -0.3 is 9.30 Å². The summed E-state index contributed by atoms with van der Waals surface area (Å²) in [4.78, 5) is 4.52. The Morgan fingerprint density at radius 1 is 1.48 bits per heavy atom. The topological polar surface area (TPSA) is 64.4 Å². The van der Waals surface area contributed by atoms with Gasteiger partial charge in [0.25, 0.3) is 0 Å². The molecule has 2 heterocycles. The number of imidazole rings is 1. The Bertz CT molecular complexity index is 568. The van der Waals surface area contributed by atoms with E-state index in [1.807, 2.05) is 13.1 Å². The largest absolute Gasteiger partial charge is 0.385 e. The fourth-order valence-electron chi connectivity index (χ4n) is 2.84. The first kappa shape index (κ1) is 16.5. The van der Waals surface area contributed by atoms with Gasteiger partial charge in [0.05, 0.1) is 5.75 Å². The summed E-state index contributed by atoms with van der Waals surface area (Å²) in [7, 11) is -1.39. The molecular weight excluding hydrogens is 290 g/mol. The molecule has 0 aliphatic carbocycles. The highest BCUT2D eigenvalue weighted by atomic mass is 32.2. The molecule has 120 valence electrons. The zero-order valence-electron chi connectivity index (χ0n) is 13.1. The summed E-state index contributed by atoms with van der Waals surface area (Å²) in [6.07, 6.45) is 3.66. The maximum atomic E-state index is 12.0. The number of aromatic nitrogens is 2. The van der Waals surface area contributed by atoms with E-state index in [1.54, 1.807) is 18.3 Å².